The third-order valence-electron chi connectivity index (χ3n) is 6.93. The van der Waals surface area contributed by atoms with Gasteiger partial charge in [-0.15, -0.1) is 11.8 Å². The number of hydrogen-bond donors (Lipinski definition) is 2. The summed E-state index contributed by atoms with van der Waals surface area (Å²) in [6, 6.07) is 10.1. The molecular formula is C26H32N6O4S2. The van der Waals surface area contributed by atoms with E-state index >= 15 is 0 Å². The van der Waals surface area contributed by atoms with Gasteiger partial charge in [0, 0.05) is 49.4 Å². The van der Waals surface area contributed by atoms with Gasteiger partial charge in [-0.1, -0.05) is 12.8 Å². The van der Waals surface area contributed by atoms with Crippen LogP contribution in [0.1, 0.15) is 36.8 Å². The van der Waals surface area contributed by atoms with Crippen LogP contribution in [0.15, 0.2) is 52.5 Å². The van der Waals surface area contributed by atoms with E-state index in [-0.39, 0.29) is 34.9 Å². The molecule has 1 saturated heterocycles. The third-order valence-corrected chi connectivity index (χ3v) is 9.98. The average Bonchev–Trinajstić information content (AvgIpc) is 2.95. The van der Waals surface area contributed by atoms with E-state index in [0.29, 0.717) is 31.8 Å². The van der Waals surface area contributed by atoms with Crippen LogP contribution in [0, 0.1) is 23.2 Å². The lowest BCUT2D eigenvalue weighted by atomic mass is 9.80. The van der Waals surface area contributed by atoms with Gasteiger partial charge < -0.3 is 15.5 Å². The molecule has 2 N–H and O–H groups in total. The fourth-order valence-corrected chi connectivity index (χ4v) is 7.71. The SMILES string of the molecule is N#CCNC(=O)[C@H]1CCCC[C@@H]1CS(=O)(=O)c1ccc(SC(C(=O)N2CCNCC2)c2ncccn2)cc1. The minimum atomic E-state index is -3.64. The molecular weight excluding hydrogens is 524 g/mol. The zero-order valence-corrected chi connectivity index (χ0v) is 22.7. The maximum Gasteiger partial charge on any atom is 0.243 e. The van der Waals surface area contributed by atoms with Crippen molar-refractivity contribution < 1.29 is 18.0 Å². The van der Waals surface area contributed by atoms with E-state index in [0.717, 1.165) is 30.8 Å². The Morgan fingerprint density at radius 2 is 1.82 bits per heavy atom. The normalized spacial score (nSPS) is 20.8. The number of aromatic nitrogens is 2. The molecule has 202 valence electrons. The van der Waals surface area contributed by atoms with Crippen molar-refractivity contribution in [3.63, 3.8) is 0 Å². The van der Waals surface area contributed by atoms with Crippen molar-refractivity contribution in [1.82, 2.24) is 25.5 Å². The molecule has 1 aromatic carbocycles. The molecule has 4 rings (SSSR count). The predicted octanol–water partition coefficient (Wildman–Crippen LogP) is 1.96. The van der Waals surface area contributed by atoms with Crippen LogP contribution in [0.3, 0.4) is 0 Å². The lowest BCUT2D eigenvalue weighted by Crippen LogP contribution is -2.47. The molecule has 2 amide bonds. The third kappa shape index (κ3) is 7.09. The number of amides is 2. The highest BCUT2D eigenvalue weighted by atomic mass is 32.2. The Balaban J connectivity index is 1.47. The monoisotopic (exact) mass is 556 g/mol. The Morgan fingerprint density at radius 1 is 1.13 bits per heavy atom. The van der Waals surface area contributed by atoms with Gasteiger partial charge in [0.25, 0.3) is 0 Å². The molecule has 1 unspecified atom stereocenters. The number of thioether (sulfide) groups is 1. The molecule has 0 bridgehead atoms. The second kappa shape index (κ2) is 13.2. The number of nitrogens with zero attached hydrogens (tertiary/aromatic N) is 4. The number of sulfone groups is 1. The first kappa shape index (κ1) is 28.0. The highest BCUT2D eigenvalue weighted by molar-refractivity contribution is 8.00. The van der Waals surface area contributed by atoms with E-state index in [1.165, 1.54) is 11.8 Å². The Morgan fingerprint density at radius 3 is 2.50 bits per heavy atom. The van der Waals surface area contributed by atoms with E-state index in [2.05, 4.69) is 20.6 Å². The molecule has 0 radical (unpaired) electrons. The standard InChI is InChI=1S/C26H32N6O4S2/c27-10-13-31-25(33)22-5-2-1-4-19(22)18-38(35,36)21-8-6-20(7-9-21)37-23(24-29-11-3-12-30-24)26(34)32-16-14-28-15-17-32/h3,6-9,11-12,19,22-23,28H,1-2,4-5,13-18H2,(H,31,33)/t19-,22+,23?/m1/s1. The molecule has 1 saturated carbocycles. The number of rotatable bonds is 9. The van der Waals surface area contributed by atoms with Crippen molar-refractivity contribution >= 4 is 33.4 Å². The first-order valence-electron chi connectivity index (χ1n) is 12.8. The lowest BCUT2D eigenvalue weighted by molar-refractivity contribution is -0.131. The van der Waals surface area contributed by atoms with Crippen LogP contribution in [-0.4, -0.2) is 73.6 Å². The van der Waals surface area contributed by atoms with Crippen molar-refractivity contribution in [3.8, 4) is 6.07 Å². The lowest BCUT2D eigenvalue weighted by Gasteiger charge is -2.30. The molecule has 1 aliphatic carbocycles. The molecule has 12 heteroatoms. The number of hydrogen-bond acceptors (Lipinski definition) is 9. The predicted molar refractivity (Wildman–Crippen MR) is 143 cm³/mol. The van der Waals surface area contributed by atoms with E-state index in [1.54, 1.807) is 47.6 Å². The fourth-order valence-electron chi connectivity index (χ4n) is 4.96. The van der Waals surface area contributed by atoms with E-state index in [1.807, 2.05) is 6.07 Å². The van der Waals surface area contributed by atoms with Gasteiger partial charge in [-0.3, -0.25) is 9.59 Å². The van der Waals surface area contributed by atoms with Crippen molar-refractivity contribution in [2.75, 3.05) is 38.5 Å². The molecule has 1 aromatic heterocycles. The molecule has 0 spiro atoms. The van der Waals surface area contributed by atoms with Crippen LogP contribution < -0.4 is 10.6 Å². The van der Waals surface area contributed by atoms with Crippen molar-refractivity contribution in [2.45, 2.75) is 40.7 Å². The number of nitrogens with one attached hydrogen (secondary N) is 2. The summed E-state index contributed by atoms with van der Waals surface area (Å²) in [7, 11) is -3.64. The number of piperazine rings is 1. The summed E-state index contributed by atoms with van der Waals surface area (Å²) in [4.78, 5) is 37.2. The minimum absolute atomic E-state index is 0.0718. The first-order chi connectivity index (χ1) is 18.4. The summed E-state index contributed by atoms with van der Waals surface area (Å²) in [6.45, 7) is 2.59. The smallest absolute Gasteiger partial charge is 0.243 e. The van der Waals surface area contributed by atoms with Crippen LogP contribution in [0.4, 0.5) is 0 Å². The quantitative estimate of drug-likeness (QED) is 0.350. The maximum absolute atomic E-state index is 13.4. The summed E-state index contributed by atoms with van der Waals surface area (Å²) in [5, 5.41) is 13.9. The second-order valence-electron chi connectivity index (χ2n) is 9.46. The Labute approximate surface area is 227 Å². The van der Waals surface area contributed by atoms with Gasteiger partial charge in [0.2, 0.25) is 11.8 Å². The molecule has 2 aromatic rings. The van der Waals surface area contributed by atoms with Gasteiger partial charge in [0.1, 0.15) is 11.8 Å². The number of carbonyl (C=O) groups is 2. The van der Waals surface area contributed by atoms with Gasteiger partial charge in [-0.2, -0.15) is 5.26 Å². The summed E-state index contributed by atoms with van der Waals surface area (Å²) in [5.41, 5.74) is 0. The molecule has 1 aliphatic heterocycles. The zero-order chi connectivity index (χ0) is 27.0. The van der Waals surface area contributed by atoms with Crippen molar-refractivity contribution in [1.29, 1.82) is 5.26 Å². The minimum Gasteiger partial charge on any atom is -0.343 e. The maximum atomic E-state index is 13.4. The van der Waals surface area contributed by atoms with Crippen LogP contribution >= 0.6 is 11.8 Å². The highest BCUT2D eigenvalue weighted by Gasteiger charge is 2.35. The van der Waals surface area contributed by atoms with E-state index in [4.69, 9.17) is 5.26 Å². The van der Waals surface area contributed by atoms with Gasteiger partial charge in [-0.25, -0.2) is 18.4 Å². The van der Waals surface area contributed by atoms with Crippen LogP contribution in [0.25, 0.3) is 0 Å². The summed E-state index contributed by atoms with van der Waals surface area (Å²) in [6.07, 6.45) is 6.24. The summed E-state index contributed by atoms with van der Waals surface area (Å²) < 4.78 is 26.5. The Hall–Kier alpha value is -3.01. The van der Waals surface area contributed by atoms with Gasteiger partial charge in [-0.05, 0) is 49.1 Å². The van der Waals surface area contributed by atoms with Crippen LogP contribution in [0.2, 0.25) is 0 Å². The summed E-state index contributed by atoms with van der Waals surface area (Å²) >= 11 is 1.30. The van der Waals surface area contributed by atoms with Gasteiger partial charge in [0.15, 0.2) is 15.7 Å². The largest absolute Gasteiger partial charge is 0.343 e. The number of benzene rings is 1. The Kier molecular flexibility index (Phi) is 9.71. The average molecular weight is 557 g/mol. The van der Waals surface area contributed by atoms with Gasteiger partial charge in [0.05, 0.1) is 16.7 Å². The molecule has 10 nitrogen and oxygen atoms in total. The van der Waals surface area contributed by atoms with Gasteiger partial charge >= 0.3 is 0 Å². The van der Waals surface area contributed by atoms with Crippen LogP contribution in [0.5, 0.6) is 0 Å². The zero-order valence-electron chi connectivity index (χ0n) is 21.1. The Bertz CT molecular complexity index is 1240. The van der Waals surface area contributed by atoms with Crippen molar-refractivity contribution in [3.05, 3.63) is 48.5 Å². The van der Waals surface area contributed by atoms with E-state index in [9.17, 15) is 18.0 Å². The summed E-state index contributed by atoms with van der Waals surface area (Å²) in [5.74, 6) is -0.733. The second-order valence-corrected chi connectivity index (χ2v) is 12.7. The molecule has 38 heavy (non-hydrogen) atoms. The fraction of sp³-hybridized carbons (Fsp3) is 0.500. The van der Waals surface area contributed by atoms with Crippen molar-refractivity contribution in [2.24, 2.45) is 11.8 Å². The number of nitriles is 1. The topological polar surface area (TPSA) is 145 Å². The molecule has 2 fully saturated rings. The molecule has 2 heterocycles. The van der Waals surface area contributed by atoms with Crippen LogP contribution in [-0.2, 0) is 19.4 Å². The molecule has 2 aliphatic rings. The molecule has 3 atom stereocenters. The first-order valence-corrected chi connectivity index (χ1v) is 15.3. The van der Waals surface area contributed by atoms with E-state index < -0.39 is 21.0 Å². The number of carbonyl (C=O) groups excluding carboxylic acids is 2. The highest BCUT2D eigenvalue weighted by Crippen LogP contribution is 2.37.